The lowest BCUT2D eigenvalue weighted by atomic mass is 9.85. The summed E-state index contributed by atoms with van der Waals surface area (Å²) in [6.45, 7) is 7.74. The highest BCUT2D eigenvalue weighted by Gasteiger charge is 2.35. The van der Waals surface area contributed by atoms with Crippen LogP contribution in [0.2, 0.25) is 10.0 Å². The van der Waals surface area contributed by atoms with Gasteiger partial charge in [0.15, 0.2) is 0 Å². The summed E-state index contributed by atoms with van der Waals surface area (Å²) in [5.74, 6) is -0.851. The molecule has 0 spiro atoms. The predicted molar refractivity (Wildman–Crippen MR) is 145 cm³/mol. The first kappa shape index (κ1) is 26.8. The Hall–Kier alpha value is -3.27. The van der Waals surface area contributed by atoms with Crippen molar-refractivity contribution < 1.29 is 9.53 Å². The Morgan fingerprint density at radius 2 is 1.81 bits per heavy atom. The summed E-state index contributed by atoms with van der Waals surface area (Å²) in [6.07, 6.45) is 0.994. The van der Waals surface area contributed by atoms with Crippen LogP contribution in [0.25, 0.3) is 16.9 Å². The molecule has 4 rings (SSSR count). The van der Waals surface area contributed by atoms with E-state index < -0.39 is 22.6 Å². The predicted octanol–water partition coefficient (Wildman–Crippen LogP) is 5.34. The summed E-state index contributed by atoms with van der Waals surface area (Å²) in [4.78, 5) is 44.2. The summed E-state index contributed by atoms with van der Waals surface area (Å²) in [6, 6.07) is 12.7. The van der Waals surface area contributed by atoms with Gasteiger partial charge in [0, 0.05) is 31.5 Å². The normalized spacial score (nSPS) is 12.4. The Labute approximate surface area is 226 Å². The van der Waals surface area contributed by atoms with Gasteiger partial charge in [0.1, 0.15) is 11.2 Å². The fourth-order valence-electron chi connectivity index (χ4n) is 3.99. The van der Waals surface area contributed by atoms with Crippen molar-refractivity contribution in [3.05, 3.63) is 95.0 Å². The number of hydrogen-bond acceptors (Lipinski definition) is 7. The molecule has 1 unspecified atom stereocenters. The van der Waals surface area contributed by atoms with Crippen LogP contribution < -0.4 is 11.2 Å². The molecule has 0 saturated heterocycles. The maximum Gasteiger partial charge on any atom is 0.349 e. The molecular weight excluding hydrogens is 535 g/mol. The molecule has 1 atom stereocenters. The van der Waals surface area contributed by atoms with E-state index in [1.165, 1.54) is 11.3 Å². The maximum atomic E-state index is 12.6. The van der Waals surface area contributed by atoms with Crippen molar-refractivity contribution in [2.75, 3.05) is 6.61 Å². The monoisotopic (exact) mass is 558 g/mol. The number of thiazole rings is 1. The smallest absolute Gasteiger partial charge is 0.349 e. The molecule has 1 N–H and O–H groups in total. The van der Waals surface area contributed by atoms with E-state index in [-0.39, 0.29) is 12.6 Å². The lowest BCUT2D eigenvalue weighted by Gasteiger charge is -2.26. The van der Waals surface area contributed by atoms with E-state index in [9.17, 15) is 14.4 Å². The molecule has 0 saturated carbocycles. The van der Waals surface area contributed by atoms with Gasteiger partial charge in [-0.3, -0.25) is 14.6 Å². The minimum atomic E-state index is -0.767. The van der Waals surface area contributed by atoms with Crippen LogP contribution in [0.5, 0.6) is 0 Å². The molecule has 11 heteroatoms. The van der Waals surface area contributed by atoms with Gasteiger partial charge in [0.2, 0.25) is 0 Å². The lowest BCUT2D eigenvalue weighted by molar-refractivity contribution is -0.144. The second-order valence-corrected chi connectivity index (χ2v) is 10.7. The third kappa shape index (κ3) is 5.25. The Bertz CT molecular complexity index is 1550. The number of halogens is 2. The first-order valence-corrected chi connectivity index (χ1v) is 13.0. The molecular formula is C26H24Cl2N4O4S. The molecule has 2 aromatic heterocycles. The fourth-order valence-corrected chi connectivity index (χ4v) is 6.18. The summed E-state index contributed by atoms with van der Waals surface area (Å²) >= 11 is 14.9. The minimum absolute atomic E-state index is 0.284. The molecule has 0 amide bonds. The van der Waals surface area contributed by atoms with Crippen molar-refractivity contribution in [1.29, 1.82) is 0 Å². The lowest BCUT2D eigenvalue weighted by Crippen LogP contribution is -2.30. The number of aromatic nitrogens is 4. The Balaban J connectivity index is 1.84. The number of ether oxygens (including phenoxy) is 1. The zero-order valence-corrected chi connectivity index (χ0v) is 22.9. The molecule has 0 radical (unpaired) electrons. The summed E-state index contributed by atoms with van der Waals surface area (Å²) in [7, 11) is 0. The van der Waals surface area contributed by atoms with Crippen LogP contribution in [0.3, 0.4) is 0 Å². The highest BCUT2D eigenvalue weighted by atomic mass is 35.5. The van der Waals surface area contributed by atoms with Crippen molar-refractivity contribution in [2.45, 2.75) is 39.0 Å². The first-order chi connectivity index (χ1) is 17.5. The molecule has 0 aliphatic heterocycles. The van der Waals surface area contributed by atoms with Crippen molar-refractivity contribution >= 4 is 40.5 Å². The SMILES string of the molecule is CCOC(=O)C(C)c1sc(C(C)(C)c2c(Cl)cc(-n3ncc(=O)[nH]c3=O)cc2Cl)nc1-c1ccccc1. The van der Waals surface area contributed by atoms with E-state index >= 15 is 0 Å². The molecule has 4 aromatic rings. The summed E-state index contributed by atoms with van der Waals surface area (Å²) in [5, 5.41) is 5.16. The minimum Gasteiger partial charge on any atom is -0.466 e. The Morgan fingerprint density at radius 3 is 2.41 bits per heavy atom. The number of nitrogens with zero attached hydrogens (tertiary/aromatic N) is 3. The fraction of sp³-hybridized carbons (Fsp3) is 0.269. The molecule has 8 nitrogen and oxygen atoms in total. The van der Waals surface area contributed by atoms with Gasteiger partial charge >= 0.3 is 11.7 Å². The second-order valence-electron chi connectivity index (χ2n) is 8.83. The largest absolute Gasteiger partial charge is 0.466 e. The zero-order chi connectivity index (χ0) is 26.9. The van der Waals surface area contributed by atoms with Crippen LogP contribution in [0, 0.1) is 0 Å². The number of nitrogens with one attached hydrogen (secondary N) is 1. The second kappa shape index (κ2) is 10.6. The van der Waals surface area contributed by atoms with E-state index in [1.54, 1.807) is 26.0 Å². The van der Waals surface area contributed by atoms with Gasteiger partial charge in [-0.2, -0.15) is 9.78 Å². The number of carbonyl (C=O) groups is 1. The van der Waals surface area contributed by atoms with Gasteiger partial charge in [-0.15, -0.1) is 11.3 Å². The number of hydrogen-bond donors (Lipinski definition) is 1. The van der Waals surface area contributed by atoms with Gasteiger partial charge in [0.25, 0.3) is 5.56 Å². The van der Waals surface area contributed by atoms with Crippen molar-refractivity contribution in [3.63, 3.8) is 0 Å². The quantitative estimate of drug-likeness (QED) is 0.306. The van der Waals surface area contributed by atoms with Crippen LogP contribution in [0.4, 0.5) is 0 Å². The van der Waals surface area contributed by atoms with Gasteiger partial charge in [0.05, 0.1) is 23.9 Å². The number of esters is 1. The van der Waals surface area contributed by atoms with E-state index in [0.717, 1.165) is 21.3 Å². The highest BCUT2D eigenvalue weighted by molar-refractivity contribution is 7.12. The maximum absolute atomic E-state index is 12.6. The van der Waals surface area contributed by atoms with E-state index in [1.807, 2.05) is 44.2 Å². The third-order valence-electron chi connectivity index (χ3n) is 5.88. The average molecular weight is 559 g/mol. The van der Waals surface area contributed by atoms with E-state index in [2.05, 4.69) is 10.1 Å². The first-order valence-electron chi connectivity index (χ1n) is 11.5. The van der Waals surface area contributed by atoms with Crippen molar-refractivity contribution in [2.24, 2.45) is 0 Å². The van der Waals surface area contributed by atoms with Crippen molar-refractivity contribution in [1.82, 2.24) is 19.7 Å². The molecule has 0 aliphatic rings. The van der Waals surface area contributed by atoms with Crippen LogP contribution in [-0.2, 0) is 14.9 Å². The molecule has 37 heavy (non-hydrogen) atoms. The summed E-state index contributed by atoms with van der Waals surface area (Å²) in [5.41, 5.74) is 0.387. The van der Waals surface area contributed by atoms with Crippen LogP contribution in [0.1, 0.15) is 49.1 Å². The average Bonchev–Trinajstić information content (AvgIpc) is 3.30. The number of carbonyl (C=O) groups excluding carboxylic acids is 1. The van der Waals surface area contributed by atoms with Gasteiger partial charge in [-0.1, -0.05) is 53.5 Å². The molecule has 2 heterocycles. The standard InChI is InChI=1S/C26H24Cl2N4O4S/c1-5-36-23(34)14(2)22-21(15-9-7-6-8-10-15)31-24(37-22)26(3,4)20-17(27)11-16(12-18(20)28)32-25(35)30-19(33)13-29-32/h6-14H,5H2,1-4H3,(H,30,33,35). The Morgan fingerprint density at radius 1 is 1.16 bits per heavy atom. The van der Waals surface area contributed by atoms with Crippen LogP contribution in [-0.4, -0.2) is 32.3 Å². The van der Waals surface area contributed by atoms with Gasteiger partial charge < -0.3 is 4.74 Å². The third-order valence-corrected chi connectivity index (χ3v) is 8.04. The molecule has 0 aliphatic carbocycles. The number of rotatable bonds is 7. The van der Waals surface area contributed by atoms with Crippen LogP contribution in [0.15, 0.2) is 58.3 Å². The van der Waals surface area contributed by atoms with Crippen molar-refractivity contribution in [3.8, 4) is 16.9 Å². The topological polar surface area (TPSA) is 107 Å². The van der Waals surface area contributed by atoms with Gasteiger partial charge in [-0.05, 0) is 39.8 Å². The highest BCUT2D eigenvalue weighted by Crippen LogP contribution is 2.46. The molecule has 192 valence electrons. The Kier molecular flexibility index (Phi) is 7.68. The van der Waals surface area contributed by atoms with Crippen LogP contribution >= 0.6 is 34.5 Å². The van der Waals surface area contributed by atoms with E-state index in [0.29, 0.717) is 32.0 Å². The van der Waals surface area contributed by atoms with E-state index in [4.69, 9.17) is 32.9 Å². The number of benzene rings is 2. The number of H-pyrrole nitrogens is 1. The molecule has 2 aromatic carbocycles. The molecule has 0 fully saturated rings. The zero-order valence-electron chi connectivity index (χ0n) is 20.5. The van der Waals surface area contributed by atoms with Gasteiger partial charge in [-0.25, -0.2) is 9.78 Å². The number of aromatic amines is 1. The summed E-state index contributed by atoms with van der Waals surface area (Å²) < 4.78 is 6.29. The molecule has 0 bridgehead atoms.